The number of hydrogen-bond acceptors (Lipinski definition) is 5. The second kappa shape index (κ2) is 7.87. The Balaban J connectivity index is 1.50. The molecule has 0 radical (unpaired) electrons. The van der Waals surface area contributed by atoms with E-state index >= 15 is 0 Å². The Labute approximate surface area is 185 Å². The van der Waals surface area contributed by atoms with E-state index in [0.29, 0.717) is 34.5 Å². The summed E-state index contributed by atoms with van der Waals surface area (Å²) in [6.07, 6.45) is 5.06. The van der Waals surface area contributed by atoms with Gasteiger partial charge in [-0.1, -0.05) is 0 Å². The molecule has 1 fully saturated rings. The largest absolute Gasteiger partial charge is 0.368 e. The topological polar surface area (TPSA) is 74.6 Å². The van der Waals surface area contributed by atoms with Crippen LogP contribution in [0, 0.1) is 12.7 Å². The maximum absolute atomic E-state index is 14.4. The molecular weight excluding hydrogens is 407 g/mol. The number of halogens is 1. The van der Waals surface area contributed by atoms with Crippen LogP contribution >= 0.6 is 0 Å². The molecule has 0 bridgehead atoms. The van der Waals surface area contributed by atoms with E-state index in [-0.39, 0.29) is 11.6 Å². The maximum Gasteiger partial charge on any atom is 0.257 e. The fraction of sp³-hybridized carbons (Fsp3) is 0.292. The molecular formula is C24H25FN6O. The smallest absolute Gasteiger partial charge is 0.257 e. The van der Waals surface area contributed by atoms with Crippen molar-refractivity contribution >= 4 is 33.8 Å². The Kier molecular flexibility index (Phi) is 5.01. The van der Waals surface area contributed by atoms with Crippen molar-refractivity contribution in [2.45, 2.75) is 32.9 Å². The molecule has 7 nitrogen and oxygen atoms in total. The van der Waals surface area contributed by atoms with Gasteiger partial charge in [0.05, 0.1) is 22.5 Å². The van der Waals surface area contributed by atoms with Gasteiger partial charge in [0.25, 0.3) is 5.91 Å². The summed E-state index contributed by atoms with van der Waals surface area (Å²) in [5.41, 5.74) is 3.43. The lowest BCUT2D eigenvalue weighted by Gasteiger charge is -2.38. The minimum absolute atomic E-state index is 0.233. The zero-order valence-corrected chi connectivity index (χ0v) is 18.3. The number of imidazole rings is 1. The highest BCUT2D eigenvalue weighted by molar-refractivity contribution is 6.13. The minimum atomic E-state index is -0.490. The molecule has 32 heavy (non-hydrogen) atoms. The molecule has 8 heteroatoms. The number of nitrogens with one attached hydrogen (secondary N) is 2. The SMILES string of the molecule is Cc1cn2cc(NC(=O)c3ccc(N4C[C@@H](C)N[C@@H](C)C4)c4cccnc34)cc(F)c2n1. The fourth-order valence-corrected chi connectivity index (χ4v) is 4.59. The maximum atomic E-state index is 14.4. The van der Waals surface area contributed by atoms with Crippen LogP contribution in [0.1, 0.15) is 29.9 Å². The van der Waals surface area contributed by atoms with E-state index < -0.39 is 5.82 Å². The normalized spacial score (nSPS) is 18.9. The molecule has 1 aromatic carbocycles. The molecule has 2 atom stereocenters. The second-order valence-electron chi connectivity index (χ2n) is 8.55. The molecule has 0 unspecified atom stereocenters. The molecule has 164 valence electrons. The summed E-state index contributed by atoms with van der Waals surface area (Å²) in [4.78, 5) is 24.2. The van der Waals surface area contributed by atoms with Crippen LogP contribution in [-0.2, 0) is 0 Å². The zero-order valence-electron chi connectivity index (χ0n) is 18.3. The number of rotatable bonds is 3. The van der Waals surface area contributed by atoms with Crippen molar-refractivity contribution < 1.29 is 9.18 Å². The van der Waals surface area contributed by atoms with Gasteiger partial charge in [0, 0.05) is 60.9 Å². The summed E-state index contributed by atoms with van der Waals surface area (Å²) in [5, 5.41) is 7.28. The highest BCUT2D eigenvalue weighted by Crippen LogP contribution is 2.30. The molecule has 0 aliphatic carbocycles. The van der Waals surface area contributed by atoms with Crippen LogP contribution in [0.25, 0.3) is 16.6 Å². The Hall–Kier alpha value is -3.52. The first-order valence-electron chi connectivity index (χ1n) is 10.7. The molecule has 1 saturated heterocycles. The van der Waals surface area contributed by atoms with E-state index in [4.69, 9.17) is 0 Å². The number of anilines is 2. The lowest BCUT2D eigenvalue weighted by molar-refractivity contribution is 0.102. The van der Waals surface area contributed by atoms with E-state index in [2.05, 4.69) is 39.3 Å². The van der Waals surface area contributed by atoms with E-state index in [9.17, 15) is 9.18 Å². The average molecular weight is 433 g/mol. The molecule has 1 aliphatic heterocycles. The lowest BCUT2D eigenvalue weighted by atomic mass is 10.0. The summed E-state index contributed by atoms with van der Waals surface area (Å²) in [5.74, 6) is -0.825. The van der Waals surface area contributed by atoms with Crippen molar-refractivity contribution in [2.75, 3.05) is 23.3 Å². The third kappa shape index (κ3) is 3.67. The number of aryl methyl sites for hydroxylation is 1. The number of carbonyl (C=O) groups is 1. The molecule has 2 N–H and O–H groups in total. The van der Waals surface area contributed by atoms with E-state index in [1.165, 1.54) is 6.07 Å². The Morgan fingerprint density at radius 2 is 1.97 bits per heavy atom. The summed E-state index contributed by atoms with van der Waals surface area (Å²) in [6, 6.07) is 9.67. The molecule has 3 aromatic heterocycles. The van der Waals surface area contributed by atoms with Gasteiger partial charge in [-0.15, -0.1) is 0 Å². The van der Waals surface area contributed by atoms with Crippen molar-refractivity contribution in [1.29, 1.82) is 0 Å². The number of nitrogens with zero attached hydrogens (tertiary/aromatic N) is 4. The summed E-state index contributed by atoms with van der Waals surface area (Å²) >= 11 is 0. The quantitative estimate of drug-likeness (QED) is 0.516. The van der Waals surface area contributed by atoms with Gasteiger partial charge in [-0.05, 0) is 45.0 Å². The van der Waals surface area contributed by atoms with E-state index in [1.807, 2.05) is 18.2 Å². The number of carbonyl (C=O) groups excluding carboxylic acids is 1. The molecule has 4 heterocycles. The monoisotopic (exact) mass is 432 g/mol. The number of piperazine rings is 1. The lowest BCUT2D eigenvalue weighted by Crippen LogP contribution is -2.54. The zero-order chi connectivity index (χ0) is 22.4. The van der Waals surface area contributed by atoms with Crippen molar-refractivity contribution in [1.82, 2.24) is 19.7 Å². The van der Waals surface area contributed by atoms with Gasteiger partial charge in [0.15, 0.2) is 11.5 Å². The minimum Gasteiger partial charge on any atom is -0.368 e. The Morgan fingerprint density at radius 3 is 2.75 bits per heavy atom. The average Bonchev–Trinajstić information content (AvgIpc) is 3.13. The number of amides is 1. The van der Waals surface area contributed by atoms with Gasteiger partial charge in [-0.25, -0.2) is 9.37 Å². The van der Waals surface area contributed by atoms with Crippen LogP contribution in [0.4, 0.5) is 15.8 Å². The summed E-state index contributed by atoms with van der Waals surface area (Å²) < 4.78 is 16.0. The third-order valence-corrected chi connectivity index (χ3v) is 5.77. The standard InChI is InChI=1S/C24H25FN6O/c1-14-10-30(11-15(2)27-14)21-7-6-19(22-18(21)5-4-8-26-22)24(32)29-17-9-20(25)23-28-16(3)12-31(23)13-17/h4-9,12-15,27H,10-11H2,1-3H3,(H,29,32)/t14-,15+. The van der Waals surface area contributed by atoms with Gasteiger partial charge >= 0.3 is 0 Å². The van der Waals surface area contributed by atoms with Gasteiger partial charge < -0.3 is 19.9 Å². The van der Waals surface area contributed by atoms with Crippen LogP contribution in [0.3, 0.4) is 0 Å². The predicted octanol–water partition coefficient (Wildman–Crippen LogP) is 3.77. The Bertz CT molecular complexity index is 1320. The molecule has 4 aromatic rings. The molecule has 0 spiro atoms. The molecule has 1 amide bonds. The van der Waals surface area contributed by atoms with E-state index in [1.54, 1.807) is 36.0 Å². The molecule has 5 rings (SSSR count). The summed E-state index contributed by atoms with van der Waals surface area (Å²) in [6.45, 7) is 7.89. The number of fused-ring (bicyclic) bond motifs is 2. The second-order valence-corrected chi connectivity index (χ2v) is 8.55. The van der Waals surface area contributed by atoms with Crippen molar-refractivity contribution in [3.05, 3.63) is 66.0 Å². The number of hydrogen-bond donors (Lipinski definition) is 2. The molecule has 1 aliphatic rings. The van der Waals surface area contributed by atoms with Crippen LogP contribution in [0.5, 0.6) is 0 Å². The van der Waals surface area contributed by atoms with Gasteiger partial charge in [-0.2, -0.15) is 0 Å². The van der Waals surface area contributed by atoms with Crippen molar-refractivity contribution in [3.63, 3.8) is 0 Å². The molecule has 0 saturated carbocycles. The number of pyridine rings is 2. The fourth-order valence-electron chi connectivity index (χ4n) is 4.59. The van der Waals surface area contributed by atoms with E-state index in [0.717, 1.165) is 24.2 Å². The van der Waals surface area contributed by atoms with Gasteiger partial charge in [0.2, 0.25) is 0 Å². The first-order chi connectivity index (χ1) is 15.4. The van der Waals surface area contributed by atoms with Crippen molar-refractivity contribution in [3.8, 4) is 0 Å². The number of benzene rings is 1. The predicted molar refractivity (Wildman–Crippen MR) is 124 cm³/mol. The first kappa shape index (κ1) is 20.4. The first-order valence-corrected chi connectivity index (χ1v) is 10.7. The van der Waals surface area contributed by atoms with Crippen LogP contribution < -0.4 is 15.5 Å². The van der Waals surface area contributed by atoms with Crippen LogP contribution in [-0.4, -0.2) is 45.4 Å². The van der Waals surface area contributed by atoms with Crippen LogP contribution in [0.15, 0.2) is 48.9 Å². The number of aromatic nitrogens is 3. The van der Waals surface area contributed by atoms with Gasteiger partial charge in [-0.3, -0.25) is 9.78 Å². The Morgan fingerprint density at radius 1 is 1.19 bits per heavy atom. The third-order valence-electron chi connectivity index (χ3n) is 5.77. The van der Waals surface area contributed by atoms with Gasteiger partial charge in [0.1, 0.15) is 0 Å². The van der Waals surface area contributed by atoms with Crippen LogP contribution in [0.2, 0.25) is 0 Å². The highest BCUT2D eigenvalue weighted by atomic mass is 19.1. The summed E-state index contributed by atoms with van der Waals surface area (Å²) in [7, 11) is 0. The van der Waals surface area contributed by atoms with Crippen molar-refractivity contribution in [2.24, 2.45) is 0 Å². The highest BCUT2D eigenvalue weighted by Gasteiger charge is 2.24.